The van der Waals surface area contributed by atoms with Crippen molar-refractivity contribution in [3.63, 3.8) is 0 Å². The summed E-state index contributed by atoms with van der Waals surface area (Å²) in [5.74, 6) is 1.67. The molecule has 0 amide bonds. The van der Waals surface area contributed by atoms with Gasteiger partial charge in [0.05, 0.1) is 16.8 Å². The summed E-state index contributed by atoms with van der Waals surface area (Å²) >= 11 is 0. The zero-order chi connectivity index (χ0) is 37.9. The van der Waals surface area contributed by atoms with E-state index in [1.165, 1.54) is 55.6 Å². The van der Waals surface area contributed by atoms with Gasteiger partial charge in [-0.3, -0.25) is 0 Å². The first-order valence-corrected chi connectivity index (χ1v) is 19.8. The molecule has 2 aliphatic carbocycles. The minimum atomic E-state index is -0.550. The van der Waals surface area contributed by atoms with E-state index in [1.54, 1.807) is 0 Å². The van der Waals surface area contributed by atoms with E-state index < -0.39 is 5.41 Å². The quantitative estimate of drug-likeness (QED) is 0.181. The Morgan fingerprint density at radius 2 is 1.07 bits per heavy atom. The van der Waals surface area contributed by atoms with Gasteiger partial charge < -0.3 is 4.74 Å². The number of fused-ring (bicyclic) bond motifs is 12. The second-order valence-corrected chi connectivity index (χ2v) is 15.2. The lowest BCUT2D eigenvalue weighted by atomic mass is 9.68. The number of nitrogens with zero attached hydrogens (tertiary/aromatic N) is 2. The molecule has 1 atom stereocenters. The zero-order valence-corrected chi connectivity index (χ0v) is 31.6. The lowest BCUT2D eigenvalue weighted by molar-refractivity contribution is 0.269. The molecule has 2 heterocycles. The normalized spacial score (nSPS) is 15.4. The van der Waals surface area contributed by atoms with Crippen LogP contribution in [0.5, 0.6) is 5.75 Å². The van der Waals surface area contributed by atoms with Gasteiger partial charge in [-0.15, -0.1) is 0 Å². The van der Waals surface area contributed by atoms with Gasteiger partial charge in [-0.05, 0) is 93.3 Å². The molecule has 8 aromatic rings. The van der Waals surface area contributed by atoms with Crippen molar-refractivity contribution < 1.29 is 4.74 Å². The predicted molar refractivity (Wildman–Crippen MR) is 232 cm³/mol. The van der Waals surface area contributed by atoms with Crippen LogP contribution >= 0.6 is 0 Å². The van der Waals surface area contributed by atoms with Crippen molar-refractivity contribution in [1.29, 1.82) is 0 Å². The summed E-state index contributed by atoms with van der Waals surface area (Å²) in [6, 6.07) is 61.2. The maximum absolute atomic E-state index is 7.05. The van der Waals surface area contributed by atoms with Gasteiger partial charge in [0, 0.05) is 22.3 Å². The Kier molecular flexibility index (Phi) is 7.75. The predicted octanol–water partition coefficient (Wildman–Crippen LogP) is 12.9. The summed E-state index contributed by atoms with van der Waals surface area (Å²) in [5.41, 5.74) is 18.0. The molecule has 0 saturated heterocycles. The first-order valence-electron chi connectivity index (χ1n) is 19.8. The highest BCUT2D eigenvalue weighted by atomic mass is 16.5. The maximum atomic E-state index is 7.05. The van der Waals surface area contributed by atoms with Crippen LogP contribution < -0.4 is 4.74 Å². The highest BCUT2D eigenvalue weighted by Gasteiger charge is 2.54. The van der Waals surface area contributed by atoms with E-state index in [2.05, 4.69) is 177 Å². The Bertz CT molecular complexity index is 2820. The van der Waals surface area contributed by atoms with Crippen LogP contribution in [0, 0.1) is 0 Å². The first-order chi connectivity index (χ1) is 28.2. The van der Waals surface area contributed by atoms with Gasteiger partial charge in [-0.25, -0.2) is 9.97 Å². The smallest absolute Gasteiger partial charge is 0.160 e. The van der Waals surface area contributed by atoms with Gasteiger partial charge in [0.25, 0.3) is 0 Å². The lowest BCUT2D eigenvalue weighted by Crippen LogP contribution is -2.27. The van der Waals surface area contributed by atoms with Crippen LogP contribution in [0.25, 0.3) is 67.3 Å². The first kappa shape index (κ1) is 33.3. The summed E-state index contributed by atoms with van der Waals surface area (Å²) in [7, 11) is 0. The lowest BCUT2D eigenvalue weighted by Gasteiger charge is -2.33. The van der Waals surface area contributed by atoms with Crippen molar-refractivity contribution >= 4 is 0 Å². The fourth-order valence-electron chi connectivity index (χ4n) is 9.47. The van der Waals surface area contributed by atoms with Gasteiger partial charge in [-0.2, -0.15) is 0 Å². The molecule has 57 heavy (non-hydrogen) atoms. The van der Waals surface area contributed by atoms with Gasteiger partial charge >= 0.3 is 0 Å². The molecule has 0 N–H and O–H groups in total. The van der Waals surface area contributed by atoms with Crippen molar-refractivity contribution in [2.45, 2.75) is 24.9 Å². The van der Waals surface area contributed by atoms with Crippen molar-refractivity contribution in [3.05, 3.63) is 222 Å². The van der Waals surface area contributed by atoms with Crippen LogP contribution in [0.1, 0.15) is 34.7 Å². The molecule has 1 aromatic heterocycles. The van der Waals surface area contributed by atoms with E-state index in [0.29, 0.717) is 5.82 Å². The number of hydrogen-bond acceptors (Lipinski definition) is 3. The van der Waals surface area contributed by atoms with E-state index >= 15 is 0 Å². The number of aromatic nitrogens is 2. The van der Waals surface area contributed by atoms with Crippen LogP contribution in [0.4, 0.5) is 0 Å². The fraction of sp³-hybridized carbons (Fsp3) is 0.0741. The third kappa shape index (κ3) is 5.19. The van der Waals surface area contributed by atoms with Crippen molar-refractivity contribution in [2.24, 2.45) is 0 Å². The van der Waals surface area contributed by atoms with Crippen molar-refractivity contribution in [3.8, 4) is 73.0 Å². The third-order valence-electron chi connectivity index (χ3n) is 11.9. The monoisotopic (exact) mass is 730 g/mol. The average Bonchev–Trinajstić information content (AvgIpc) is 3.78. The summed E-state index contributed by atoms with van der Waals surface area (Å²) in [5, 5.41) is 0. The topological polar surface area (TPSA) is 35.0 Å². The SMILES string of the molecule is CC1C=CC=CCc2cc(-c3cccc(-c4cc(-c5ccccc5)nc(-c5ccccc5)n4)c3)c3c(c2O1)-c1ccccc1C31c2ccccc2-c2ccccc21. The molecular weight excluding hydrogens is 693 g/mol. The number of benzene rings is 7. The Morgan fingerprint density at radius 1 is 0.509 bits per heavy atom. The fourth-order valence-corrected chi connectivity index (χ4v) is 9.47. The molecule has 3 nitrogen and oxygen atoms in total. The van der Waals surface area contributed by atoms with Gasteiger partial charge in [0.15, 0.2) is 5.82 Å². The molecule has 0 radical (unpaired) electrons. The van der Waals surface area contributed by atoms with Crippen LogP contribution in [0.2, 0.25) is 0 Å². The number of ether oxygens (including phenoxy) is 1. The van der Waals surface area contributed by atoms with Crippen LogP contribution in [0.15, 0.2) is 194 Å². The highest BCUT2D eigenvalue weighted by molar-refractivity contribution is 6.01. The molecule has 7 aromatic carbocycles. The minimum Gasteiger partial charge on any atom is -0.486 e. The average molecular weight is 731 g/mol. The second kappa shape index (κ2) is 13.3. The van der Waals surface area contributed by atoms with Gasteiger partial charge in [-0.1, -0.05) is 170 Å². The van der Waals surface area contributed by atoms with Crippen molar-refractivity contribution in [2.75, 3.05) is 0 Å². The van der Waals surface area contributed by atoms with E-state index in [0.717, 1.165) is 45.8 Å². The van der Waals surface area contributed by atoms with Crippen LogP contribution in [-0.2, 0) is 11.8 Å². The molecule has 1 unspecified atom stereocenters. The van der Waals surface area contributed by atoms with Gasteiger partial charge in [0.1, 0.15) is 11.9 Å². The number of allylic oxidation sites excluding steroid dienone is 3. The van der Waals surface area contributed by atoms with Crippen LogP contribution in [-0.4, -0.2) is 16.1 Å². The molecular formula is C54H38N2O. The molecule has 270 valence electrons. The molecule has 11 rings (SSSR count). The van der Waals surface area contributed by atoms with Crippen molar-refractivity contribution in [1.82, 2.24) is 9.97 Å². The standard InChI is InChI=1S/C54H38N2O/c1-35-18-5-2-10-23-40-33-44(38-24-17-25-39(32-38)49-34-48(36-19-6-3-7-20-36)55-53(56-49)37-21-8-4-9-22-37)51-50(52(40)57-35)43-28-13-16-31-47(43)54(51)45-29-14-11-26-41(45)42-27-12-15-30-46(42)54/h2-22,24-35H,23H2,1H3. The van der Waals surface area contributed by atoms with E-state index in [4.69, 9.17) is 14.7 Å². The van der Waals surface area contributed by atoms with E-state index in [1.807, 2.05) is 24.3 Å². The minimum absolute atomic E-state index is 0.105. The Balaban J connectivity index is 1.21. The molecule has 0 bridgehead atoms. The summed E-state index contributed by atoms with van der Waals surface area (Å²) in [4.78, 5) is 10.3. The van der Waals surface area contributed by atoms with Crippen LogP contribution in [0.3, 0.4) is 0 Å². The Hall–Kier alpha value is -7.10. The van der Waals surface area contributed by atoms with Gasteiger partial charge in [0.2, 0.25) is 0 Å². The molecule has 3 heteroatoms. The second-order valence-electron chi connectivity index (χ2n) is 15.2. The summed E-state index contributed by atoms with van der Waals surface area (Å²) in [6.45, 7) is 2.13. The summed E-state index contributed by atoms with van der Waals surface area (Å²) in [6.07, 6.45) is 9.28. The molecule has 3 aliphatic rings. The molecule has 1 aliphatic heterocycles. The number of rotatable bonds is 4. The zero-order valence-electron chi connectivity index (χ0n) is 31.6. The highest BCUT2D eigenvalue weighted by Crippen LogP contribution is 2.66. The largest absolute Gasteiger partial charge is 0.486 e. The van der Waals surface area contributed by atoms with E-state index in [-0.39, 0.29) is 6.10 Å². The maximum Gasteiger partial charge on any atom is 0.160 e. The molecule has 0 saturated carbocycles. The number of hydrogen-bond donors (Lipinski definition) is 0. The molecule has 1 spiro atoms. The molecule has 0 fully saturated rings. The Labute approximate surface area is 333 Å². The van der Waals surface area contributed by atoms with E-state index in [9.17, 15) is 0 Å². The third-order valence-corrected chi connectivity index (χ3v) is 11.9. The Morgan fingerprint density at radius 3 is 1.77 bits per heavy atom. The summed E-state index contributed by atoms with van der Waals surface area (Å²) < 4.78 is 7.05.